The lowest BCUT2D eigenvalue weighted by atomic mass is 9.85. The number of aliphatic hydroxyl groups is 1. The molecule has 0 radical (unpaired) electrons. The van der Waals surface area contributed by atoms with Gasteiger partial charge in [0.2, 0.25) is 12.7 Å². The maximum absolute atomic E-state index is 13.4. The molecule has 3 atom stereocenters. The van der Waals surface area contributed by atoms with Gasteiger partial charge in [-0.3, -0.25) is 14.5 Å². The molecule has 0 spiro atoms. The molecule has 0 bridgehead atoms. The molecule has 1 aromatic carbocycles. The summed E-state index contributed by atoms with van der Waals surface area (Å²) >= 11 is 0. The van der Waals surface area contributed by atoms with Crippen LogP contribution in [0, 0.1) is 5.92 Å². The summed E-state index contributed by atoms with van der Waals surface area (Å²) in [4.78, 5) is 30.6. The number of carbonyl (C=O) groups excluding carboxylic acids is 2. The van der Waals surface area contributed by atoms with E-state index in [2.05, 4.69) is 18.7 Å². The molecule has 2 aliphatic heterocycles. The minimum Gasteiger partial charge on any atom is -0.466 e. The SMILES string of the molecule is CCCCN(CCCC)C(=O)CN1C[C@H](c2ccc3c(c2)OCO3)[C@H](C(=O)OCC)[C@H]1C=CCO. The molecule has 1 saturated heterocycles. The third-order valence-corrected chi connectivity index (χ3v) is 6.73. The average Bonchev–Trinajstić information content (AvgIpc) is 3.47. The van der Waals surface area contributed by atoms with E-state index in [1.54, 1.807) is 13.0 Å². The van der Waals surface area contributed by atoms with Gasteiger partial charge in [-0.1, -0.05) is 44.9 Å². The zero-order chi connectivity index (χ0) is 25.2. The van der Waals surface area contributed by atoms with E-state index in [9.17, 15) is 14.7 Å². The van der Waals surface area contributed by atoms with Gasteiger partial charge in [-0.25, -0.2) is 0 Å². The van der Waals surface area contributed by atoms with Crippen LogP contribution in [-0.4, -0.2) is 79.0 Å². The summed E-state index contributed by atoms with van der Waals surface area (Å²) in [5.41, 5.74) is 0.943. The van der Waals surface area contributed by atoms with Gasteiger partial charge < -0.3 is 24.2 Å². The molecule has 1 amide bonds. The lowest BCUT2D eigenvalue weighted by Gasteiger charge is -2.28. The van der Waals surface area contributed by atoms with Crippen molar-refractivity contribution in [3.63, 3.8) is 0 Å². The summed E-state index contributed by atoms with van der Waals surface area (Å²) in [6.07, 6.45) is 7.47. The van der Waals surface area contributed by atoms with Crippen LogP contribution in [0.5, 0.6) is 11.5 Å². The Morgan fingerprint density at radius 1 is 1.14 bits per heavy atom. The molecule has 1 fully saturated rings. The first-order valence-corrected chi connectivity index (χ1v) is 12.9. The fraction of sp³-hybridized carbons (Fsp3) is 0.630. The predicted octanol–water partition coefficient (Wildman–Crippen LogP) is 3.34. The average molecular weight is 489 g/mol. The van der Waals surface area contributed by atoms with Crippen LogP contribution in [0.3, 0.4) is 0 Å². The summed E-state index contributed by atoms with van der Waals surface area (Å²) in [7, 11) is 0. The van der Waals surface area contributed by atoms with Gasteiger partial charge in [0.05, 0.1) is 25.7 Å². The van der Waals surface area contributed by atoms with Gasteiger partial charge >= 0.3 is 5.97 Å². The van der Waals surface area contributed by atoms with E-state index < -0.39 is 5.92 Å². The number of amides is 1. The highest BCUT2D eigenvalue weighted by Crippen LogP contribution is 2.42. The number of esters is 1. The van der Waals surface area contributed by atoms with E-state index in [1.165, 1.54) is 0 Å². The largest absolute Gasteiger partial charge is 0.466 e. The number of hydrogen-bond acceptors (Lipinski definition) is 7. The minimum atomic E-state index is -0.509. The fourth-order valence-electron chi connectivity index (χ4n) is 4.90. The number of benzene rings is 1. The molecule has 2 aliphatic rings. The number of nitrogens with zero attached hydrogens (tertiary/aromatic N) is 2. The number of rotatable bonds is 13. The van der Waals surface area contributed by atoms with E-state index in [-0.39, 0.29) is 50.4 Å². The first-order chi connectivity index (χ1) is 17.0. The molecule has 1 N–H and O–H groups in total. The van der Waals surface area contributed by atoms with Crippen LogP contribution >= 0.6 is 0 Å². The highest BCUT2D eigenvalue weighted by molar-refractivity contribution is 5.80. The van der Waals surface area contributed by atoms with E-state index in [0.29, 0.717) is 18.0 Å². The molecule has 8 heteroatoms. The standard InChI is InChI=1S/C27H40N2O6/c1-4-7-13-28(14-8-5-2)25(31)18-29-17-21(20-11-12-23-24(16-20)35-19-34-23)26(27(32)33-6-3)22(29)10-9-15-30/h9-12,16,21-22,26,30H,4-8,13-15,17-19H2,1-3H3/t21-,22-,26+/m1/s1. The Hall–Kier alpha value is -2.58. The topological polar surface area (TPSA) is 88.5 Å². The maximum Gasteiger partial charge on any atom is 0.311 e. The number of likely N-dealkylation sites (tertiary alicyclic amines) is 1. The molecule has 0 aromatic heterocycles. The molecule has 1 aromatic rings. The highest BCUT2D eigenvalue weighted by Gasteiger charge is 2.47. The monoisotopic (exact) mass is 488 g/mol. The van der Waals surface area contributed by atoms with Crippen LogP contribution in [0.4, 0.5) is 0 Å². The van der Waals surface area contributed by atoms with Gasteiger partial charge in [0.25, 0.3) is 0 Å². The lowest BCUT2D eigenvalue weighted by molar-refractivity contribution is -0.149. The molecule has 35 heavy (non-hydrogen) atoms. The molecule has 0 unspecified atom stereocenters. The van der Waals surface area contributed by atoms with Gasteiger partial charge in [0, 0.05) is 31.6 Å². The van der Waals surface area contributed by atoms with Crippen molar-refractivity contribution >= 4 is 11.9 Å². The smallest absolute Gasteiger partial charge is 0.311 e. The minimum absolute atomic E-state index is 0.0724. The molecule has 8 nitrogen and oxygen atoms in total. The van der Waals surface area contributed by atoms with Crippen molar-refractivity contribution < 1.29 is 28.9 Å². The van der Waals surface area contributed by atoms with E-state index in [1.807, 2.05) is 29.2 Å². The van der Waals surface area contributed by atoms with Gasteiger partial charge in [-0.15, -0.1) is 0 Å². The third-order valence-electron chi connectivity index (χ3n) is 6.73. The van der Waals surface area contributed by atoms with E-state index in [4.69, 9.17) is 14.2 Å². The van der Waals surface area contributed by atoms with Crippen LogP contribution in [0.15, 0.2) is 30.4 Å². The normalized spacial score (nSPS) is 21.5. The Kier molecular flexibility index (Phi) is 10.4. The molecule has 2 heterocycles. The van der Waals surface area contributed by atoms with Crippen LogP contribution in [-0.2, 0) is 14.3 Å². The molecular formula is C27H40N2O6. The molecule has 0 saturated carbocycles. The van der Waals surface area contributed by atoms with Crippen LogP contribution in [0.2, 0.25) is 0 Å². The van der Waals surface area contributed by atoms with Crippen molar-refractivity contribution in [1.82, 2.24) is 9.80 Å². The molecule has 3 rings (SSSR count). The van der Waals surface area contributed by atoms with E-state index in [0.717, 1.165) is 44.3 Å². The Morgan fingerprint density at radius 3 is 2.51 bits per heavy atom. The number of ether oxygens (including phenoxy) is 3. The fourth-order valence-corrected chi connectivity index (χ4v) is 4.90. The first kappa shape index (κ1) is 27.0. The summed E-state index contributed by atoms with van der Waals surface area (Å²) < 4.78 is 16.5. The zero-order valence-electron chi connectivity index (χ0n) is 21.3. The second-order valence-electron chi connectivity index (χ2n) is 9.12. The van der Waals surface area contributed by atoms with E-state index >= 15 is 0 Å². The maximum atomic E-state index is 13.4. The van der Waals surface area contributed by atoms with Crippen LogP contribution < -0.4 is 9.47 Å². The van der Waals surface area contributed by atoms with Crippen molar-refractivity contribution in [3.8, 4) is 11.5 Å². The highest BCUT2D eigenvalue weighted by atomic mass is 16.7. The quantitative estimate of drug-likeness (QED) is 0.337. The zero-order valence-corrected chi connectivity index (χ0v) is 21.3. The van der Waals surface area contributed by atoms with Crippen molar-refractivity contribution in [2.45, 2.75) is 58.4 Å². The molecule has 194 valence electrons. The van der Waals surface area contributed by atoms with Crippen molar-refractivity contribution in [3.05, 3.63) is 35.9 Å². The Labute approximate surface area is 208 Å². The number of carbonyl (C=O) groups is 2. The van der Waals surface area contributed by atoms with Gasteiger partial charge in [-0.2, -0.15) is 0 Å². The second-order valence-corrected chi connectivity index (χ2v) is 9.12. The van der Waals surface area contributed by atoms with Gasteiger partial charge in [0.1, 0.15) is 0 Å². The summed E-state index contributed by atoms with van der Waals surface area (Å²) in [6, 6.07) is 5.38. The second kappa shape index (κ2) is 13.5. The summed E-state index contributed by atoms with van der Waals surface area (Å²) in [5, 5.41) is 9.47. The third kappa shape index (κ3) is 6.76. The number of aliphatic hydroxyl groups excluding tert-OH is 1. The Morgan fingerprint density at radius 2 is 1.86 bits per heavy atom. The van der Waals surface area contributed by atoms with Crippen LogP contribution in [0.1, 0.15) is 57.9 Å². The predicted molar refractivity (Wildman–Crippen MR) is 133 cm³/mol. The number of hydrogen-bond donors (Lipinski definition) is 1. The Bertz CT molecular complexity index is 865. The van der Waals surface area contributed by atoms with Crippen LogP contribution in [0.25, 0.3) is 0 Å². The van der Waals surface area contributed by atoms with Gasteiger partial charge in [0.15, 0.2) is 11.5 Å². The molecule has 0 aliphatic carbocycles. The van der Waals surface area contributed by atoms with Crippen molar-refractivity contribution in [2.24, 2.45) is 5.92 Å². The van der Waals surface area contributed by atoms with Crippen molar-refractivity contribution in [1.29, 1.82) is 0 Å². The lowest BCUT2D eigenvalue weighted by Crippen LogP contribution is -2.44. The van der Waals surface area contributed by atoms with Crippen molar-refractivity contribution in [2.75, 3.05) is 46.2 Å². The summed E-state index contributed by atoms with van der Waals surface area (Å²) in [6.45, 7) is 8.58. The molecular weight excluding hydrogens is 448 g/mol. The number of fused-ring (bicyclic) bond motifs is 1. The first-order valence-electron chi connectivity index (χ1n) is 12.9. The number of unbranched alkanes of at least 4 members (excludes halogenated alkanes) is 2. The van der Waals surface area contributed by atoms with Gasteiger partial charge in [-0.05, 0) is 37.5 Å². The Balaban J connectivity index is 1.89. The summed E-state index contributed by atoms with van der Waals surface area (Å²) in [5.74, 6) is 0.419.